The fourth-order valence-electron chi connectivity index (χ4n) is 1.77. The molecule has 1 unspecified atom stereocenters. The zero-order valence-corrected chi connectivity index (χ0v) is 12.1. The molecular formula is C11H10ClNO7S. The third-order valence-corrected chi connectivity index (χ3v) is 4.11. The van der Waals surface area contributed by atoms with Crippen molar-refractivity contribution in [3.8, 4) is 0 Å². The fourth-order valence-corrected chi connectivity index (χ4v) is 2.57. The van der Waals surface area contributed by atoms with E-state index in [1.807, 2.05) is 0 Å². The Morgan fingerprint density at radius 3 is 2.67 bits per heavy atom. The highest BCUT2D eigenvalue weighted by atomic mass is 35.7. The molecule has 1 aliphatic rings. The van der Waals surface area contributed by atoms with Gasteiger partial charge in [-0.25, -0.2) is 13.2 Å². The molecule has 1 fully saturated rings. The third-order valence-electron chi connectivity index (χ3n) is 2.78. The number of hydrogen-bond acceptors (Lipinski definition) is 7. The first-order valence-corrected chi connectivity index (χ1v) is 8.11. The highest BCUT2D eigenvalue weighted by Crippen LogP contribution is 2.24. The molecule has 0 aliphatic carbocycles. The lowest BCUT2D eigenvalue weighted by molar-refractivity contribution is -0.385. The summed E-state index contributed by atoms with van der Waals surface area (Å²) in [6.07, 6.45) is 0.0641. The molecule has 10 heteroatoms. The minimum Gasteiger partial charge on any atom is -0.456 e. The zero-order chi connectivity index (χ0) is 15.6. The zero-order valence-electron chi connectivity index (χ0n) is 10.5. The number of carbonyl (C=O) groups is 1. The molecule has 1 aromatic rings. The second kappa shape index (κ2) is 5.96. The first kappa shape index (κ1) is 15.7. The Morgan fingerprint density at radius 1 is 1.43 bits per heavy atom. The molecule has 21 heavy (non-hydrogen) atoms. The molecule has 0 aromatic heterocycles. The number of nitro benzene ring substituents is 1. The Hall–Kier alpha value is -1.71. The number of carbonyl (C=O) groups excluding carboxylic acids is 1. The molecule has 114 valence electrons. The van der Waals surface area contributed by atoms with Crippen LogP contribution in [0.1, 0.15) is 16.8 Å². The van der Waals surface area contributed by atoms with Gasteiger partial charge in [-0.05, 0) is 6.07 Å². The number of halogens is 1. The second-order valence-corrected chi connectivity index (χ2v) is 6.87. The summed E-state index contributed by atoms with van der Waals surface area (Å²) in [5, 5.41) is 10.8. The van der Waals surface area contributed by atoms with Gasteiger partial charge in [0, 0.05) is 29.2 Å². The van der Waals surface area contributed by atoms with E-state index in [4.69, 9.17) is 20.2 Å². The number of esters is 1. The van der Waals surface area contributed by atoms with Crippen molar-refractivity contribution in [2.24, 2.45) is 0 Å². The SMILES string of the molecule is O=C(OC1CCOC1)c1cc([N+](=O)[O-])cc(S(=O)(=O)Cl)c1. The summed E-state index contributed by atoms with van der Waals surface area (Å²) in [5.41, 5.74) is -0.818. The normalized spacial score (nSPS) is 18.4. The Kier molecular flexibility index (Phi) is 4.45. The minimum atomic E-state index is -4.21. The van der Waals surface area contributed by atoms with Gasteiger partial charge in [-0.15, -0.1) is 0 Å². The topological polar surface area (TPSA) is 113 Å². The molecule has 1 atom stereocenters. The molecule has 2 rings (SSSR count). The number of nitrogens with zero attached hydrogens (tertiary/aromatic N) is 1. The maximum absolute atomic E-state index is 11.9. The third kappa shape index (κ3) is 3.90. The van der Waals surface area contributed by atoms with Crippen molar-refractivity contribution in [1.29, 1.82) is 0 Å². The summed E-state index contributed by atoms with van der Waals surface area (Å²) in [6.45, 7) is 0.690. The van der Waals surface area contributed by atoms with Crippen LogP contribution in [0.25, 0.3) is 0 Å². The Morgan fingerprint density at radius 2 is 2.14 bits per heavy atom. The van der Waals surface area contributed by atoms with E-state index in [2.05, 4.69) is 0 Å². The Balaban J connectivity index is 2.35. The molecule has 0 amide bonds. The van der Waals surface area contributed by atoms with Crippen molar-refractivity contribution < 1.29 is 27.6 Å². The Labute approximate surface area is 124 Å². The molecule has 0 radical (unpaired) electrons. The van der Waals surface area contributed by atoms with Gasteiger partial charge >= 0.3 is 5.97 Å². The molecule has 1 aromatic carbocycles. The van der Waals surface area contributed by atoms with Gasteiger partial charge in [-0.3, -0.25) is 10.1 Å². The summed E-state index contributed by atoms with van der Waals surface area (Å²) in [7, 11) is 0.953. The molecule has 0 N–H and O–H groups in total. The minimum absolute atomic E-state index is 0.237. The maximum Gasteiger partial charge on any atom is 0.338 e. The summed E-state index contributed by atoms with van der Waals surface area (Å²) >= 11 is 0. The van der Waals surface area contributed by atoms with Crippen LogP contribution in [0.2, 0.25) is 0 Å². The van der Waals surface area contributed by atoms with Crippen molar-refractivity contribution in [3.05, 3.63) is 33.9 Å². The molecular weight excluding hydrogens is 326 g/mol. The molecule has 0 spiro atoms. The van der Waals surface area contributed by atoms with Crippen LogP contribution in [0.4, 0.5) is 5.69 Å². The number of non-ortho nitro benzene ring substituents is 1. The largest absolute Gasteiger partial charge is 0.456 e. The monoisotopic (exact) mass is 335 g/mol. The molecule has 0 bridgehead atoms. The van der Waals surface area contributed by atoms with Crippen LogP contribution in [-0.2, 0) is 18.5 Å². The average Bonchev–Trinajstić information content (AvgIpc) is 2.90. The lowest BCUT2D eigenvalue weighted by Crippen LogP contribution is -2.18. The van der Waals surface area contributed by atoms with Gasteiger partial charge in [0.15, 0.2) is 0 Å². The van der Waals surface area contributed by atoms with Gasteiger partial charge < -0.3 is 9.47 Å². The van der Waals surface area contributed by atoms with Crippen molar-refractivity contribution in [2.75, 3.05) is 13.2 Å². The van der Waals surface area contributed by atoms with Crippen LogP contribution in [0.5, 0.6) is 0 Å². The van der Waals surface area contributed by atoms with Crippen LogP contribution in [0.15, 0.2) is 23.1 Å². The van der Waals surface area contributed by atoms with Gasteiger partial charge in [0.25, 0.3) is 14.7 Å². The predicted octanol–water partition coefficient (Wildman–Crippen LogP) is 1.47. The molecule has 1 saturated heterocycles. The van der Waals surface area contributed by atoms with Gasteiger partial charge in [-0.1, -0.05) is 0 Å². The first-order valence-electron chi connectivity index (χ1n) is 5.80. The smallest absolute Gasteiger partial charge is 0.338 e. The van der Waals surface area contributed by atoms with Crippen LogP contribution < -0.4 is 0 Å². The van der Waals surface area contributed by atoms with Gasteiger partial charge in [0.2, 0.25) is 0 Å². The number of nitro groups is 1. The van der Waals surface area contributed by atoms with E-state index in [1.54, 1.807) is 0 Å². The van der Waals surface area contributed by atoms with E-state index in [1.165, 1.54) is 0 Å². The van der Waals surface area contributed by atoms with E-state index in [-0.39, 0.29) is 12.2 Å². The van der Waals surface area contributed by atoms with Crippen LogP contribution in [0, 0.1) is 10.1 Å². The van der Waals surface area contributed by atoms with Crippen molar-refractivity contribution in [1.82, 2.24) is 0 Å². The lowest BCUT2D eigenvalue weighted by atomic mass is 10.2. The second-order valence-electron chi connectivity index (χ2n) is 4.30. The van der Waals surface area contributed by atoms with Crippen LogP contribution >= 0.6 is 10.7 Å². The fraction of sp³-hybridized carbons (Fsp3) is 0.364. The number of rotatable bonds is 4. The number of ether oxygens (including phenoxy) is 2. The summed E-state index contributed by atoms with van der Waals surface area (Å²) in [6, 6.07) is 2.65. The quantitative estimate of drug-likeness (QED) is 0.354. The maximum atomic E-state index is 11.9. The molecule has 0 saturated carbocycles. The van der Waals surface area contributed by atoms with E-state index in [9.17, 15) is 23.3 Å². The van der Waals surface area contributed by atoms with Crippen molar-refractivity contribution >= 4 is 31.4 Å². The highest BCUT2D eigenvalue weighted by Gasteiger charge is 2.24. The molecule has 1 aliphatic heterocycles. The van der Waals surface area contributed by atoms with Crippen molar-refractivity contribution in [2.45, 2.75) is 17.4 Å². The average molecular weight is 336 g/mol. The predicted molar refractivity (Wildman–Crippen MR) is 70.8 cm³/mol. The molecule has 8 nitrogen and oxygen atoms in total. The summed E-state index contributed by atoms with van der Waals surface area (Å²) in [5.74, 6) is -0.865. The summed E-state index contributed by atoms with van der Waals surface area (Å²) in [4.78, 5) is 21.4. The van der Waals surface area contributed by atoms with Gasteiger partial charge in [0.05, 0.1) is 28.6 Å². The van der Waals surface area contributed by atoms with Crippen LogP contribution in [0.3, 0.4) is 0 Å². The standard InChI is InChI=1S/C11H10ClNO7S/c12-21(17,18)10-4-7(3-8(5-10)13(15)16)11(14)20-9-1-2-19-6-9/h3-5,9H,1-2,6H2. The Bertz CT molecular complexity index is 682. The highest BCUT2D eigenvalue weighted by molar-refractivity contribution is 8.13. The number of benzene rings is 1. The van der Waals surface area contributed by atoms with Crippen molar-refractivity contribution in [3.63, 3.8) is 0 Å². The number of hydrogen-bond donors (Lipinski definition) is 0. The first-order chi connectivity index (χ1) is 9.77. The molecule has 1 heterocycles. The van der Waals surface area contributed by atoms with Crippen LogP contribution in [-0.4, -0.2) is 38.6 Å². The lowest BCUT2D eigenvalue weighted by Gasteiger charge is -2.10. The van der Waals surface area contributed by atoms with E-state index >= 15 is 0 Å². The van der Waals surface area contributed by atoms with E-state index < -0.39 is 36.6 Å². The van der Waals surface area contributed by atoms with E-state index in [0.717, 1.165) is 18.2 Å². The van der Waals surface area contributed by atoms with Gasteiger partial charge in [0.1, 0.15) is 6.10 Å². The van der Waals surface area contributed by atoms with Gasteiger partial charge in [-0.2, -0.15) is 0 Å². The summed E-state index contributed by atoms with van der Waals surface area (Å²) < 4.78 is 32.7. The van der Waals surface area contributed by atoms with E-state index in [0.29, 0.717) is 13.0 Å².